The van der Waals surface area contributed by atoms with E-state index in [4.69, 9.17) is 18.9 Å². The van der Waals surface area contributed by atoms with Gasteiger partial charge in [0.15, 0.2) is 0 Å². The number of carbonyl (C=O) groups is 2. The lowest BCUT2D eigenvalue weighted by Gasteiger charge is -2.23. The van der Waals surface area contributed by atoms with Crippen LogP contribution in [0, 0.1) is 6.92 Å². The van der Waals surface area contributed by atoms with Crippen LogP contribution < -0.4 is 4.74 Å². The highest BCUT2D eigenvalue weighted by atomic mass is 16.6. The maximum atomic E-state index is 12.6. The number of oxazole rings is 1. The van der Waals surface area contributed by atoms with E-state index in [1.807, 2.05) is 62.4 Å². The molecule has 0 bridgehead atoms. The molecule has 3 aromatic carbocycles. The van der Waals surface area contributed by atoms with Gasteiger partial charge in [-0.1, -0.05) is 48.5 Å². The Morgan fingerprint density at radius 1 is 0.929 bits per heavy atom. The van der Waals surface area contributed by atoms with Crippen LogP contribution in [0.3, 0.4) is 0 Å². The van der Waals surface area contributed by atoms with Gasteiger partial charge in [-0.05, 0) is 80.6 Å². The van der Waals surface area contributed by atoms with Gasteiger partial charge in [0.25, 0.3) is 0 Å². The van der Waals surface area contributed by atoms with Crippen molar-refractivity contribution in [1.82, 2.24) is 9.88 Å². The SMILES string of the molecule is CCN(Cc1cc(OCCc2nc(-c3ccc(-c4ccccc4)cc3)oc2C)ccc1CCC(=O)O)C(=O)OC(C)C. The van der Waals surface area contributed by atoms with Crippen LogP contribution in [-0.4, -0.2) is 46.3 Å². The second-order valence-corrected chi connectivity index (χ2v) is 10.3. The topological polar surface area (TPSA) is 102 Å². The number of nitrogens with zero attached hydrogens (tertiary/aromatic N) is 2. The number of aromatic nitrogens is 1. The zero-order valence-corrected chi connectivity index (χ0v) is 24.6. The molecule has 220 valence electrons. The van der Waals surface area contributed by atoms with Crippen LogP contribution in [0.25, 0.3) is 22.6 Å². The highest BCUT2D eigenvalue weighted by Gasteiger charge is 2.18. The first-order valence-electron chi connectivity index (χ1n) is 14.3. The fourth-order valence-corrected chi connectivity index (χ4v) is 4.60. The number of ether oxygens (including phenoxy) is 2. The summed E-state index contributed by atoms with van der Waals surface area (Å²) in [6.45, 7) is 8.51. The number of aliphatic carboxylic acids is 1. The predicted molar refractivity (Wildman–Crippen MR) is 161 cm³/mol. The van der Waals surface area contributed by atoms with Crippen LogP contribution in [-0.2, 0) is 28.9 Å². The molecule has 0 saturated carbocycles. The van der Waals surface area contributed by atoms with Crippen LogP contribution in [0.15, 0.2) is 77.2 Å². The van der Waals surface area contributed by atoms with Crippen LogP contribution in [0.2, 0.25) is 0 Å². The van der Waals surface area contributed by atoms with Crippen LogP contribution in [0.1, 0.15) is 49.8 Å². The van der Waals surface area contributed by atoms with Crippen molar-refractivity contribution in [3.05, 3.63) is 95.4 Å². The molecule has 4 aromatic rings. The summed E-state index contributed by atoms with van der Waals surface area (Å²) >= 11 is 0. The fraction of sp³-hybridized carbons (Fsp3) is 0.324. The molecule has 1 amide bonds. The number of rotatable bonds is 13. The van der Waals surface area contributed by atoms with Crippen molar-refractivity contribution >= 4 is 12.1 Å². The molecule has 1 aromatic heterocycles. The zero-order valence-electron chi connectivity index (χ0n) is 24.6. The second-order valence-electron chi connectivity index (χ2n) is 10.3. The predicted octanol–water partition coefficient (Wildman–Crippen LogP) is 7.32. The molecule has 1 heterocycles. The Morgan fingerprint density at radius 3 is 2.29 bits per heavy atom. The van der Waals surface area contributed by atoms with Gasteiger partial charge >= 0.3 is 12.1 Å². The normalized spacial score (nSPS) is 11.0. The molecule has 42 heavy (non-hydrogen) atoms. The Kier molecular flexibility index (Phi) is 10.4. The lowest BCUT2D eigenvalue weighted by molar-refractivity contribution is -0.136. The first-order valence-corrected chi connectivity index (χ1v) is 14.3. The molecule has 0 aliphatic rings. The Morgan fingerprint density at radius 2 is 1.62 bits per heavy atom. The molecular formula is C34H38N2O6. The molecule has 0 unspecified atom stereocenters. The number of amides is 1. The third kappa shape index (κ3) is 8.22. The third-order valence-electron chi connectivity index (χ3n) is 6.86. The highest BCUT2D eigenvalue weighted by molar-refractivity contribution is 5.69. The maximum Gasteiger partial charge on any atom is 0.410 e. The van der Waals surface area contributed by atoms with Crippen molar-refractivity contribution in [1.29, 1.82) is 0 Å². The van der Waals surface area contributed by atoms with Crippen LogP contribution in [0.4, 0.5) is 4.79 Å². The third-order valence-corrected chi connectivity index (χ3v) is 6.86. The van der Waals surface area contributed by atoms with Crippen LogP contribution >= 0.6 is 0 Å². The molecule has 4 rings (SSSR count). The summed E-state index contributed by atoms with van der Waals surface area (Å²) in [5, 5.41) is 9.19. The highest BCUT2D eigenvalue weighted by Crippen LogP contribution is 2.27. The van der Waals surface area contributed by atoms with Crippen LogP contribution in [0.5, 0.6) is 5.75 Å². The van der Waals surface area contributed by atoms with E-state index in [1.165, 1.54) is 0 Å². The summed E-state index contributed by atoms with van der Waals surface area (Å²) in [7, 11) is 0. The number of carboxylic acids is 1. The summed E-state index contributed by atoms with van der Waals surface area (Å²) in [4.78, 5) is 30.1. The summed E-state index contributed by atoms with van der Waals surface area (Å²) in [5.74, 6) is 1.07. The second kappa shape index (κ2) is 14.3. The number of hydrogen-bond donors (Lipinski definition) is 1. The molecule has 0 saturated heterocycles. The number of carboxylic acid groups (broad SMARTS) is 1. The first kappa shape index (κ1) is 30.4. The summed E-state index contributed by atoms with van der Waals surface area (Å²) in [6.07, 6.45) is 0.264. The Hall–Kier alpha value is -4.59. The minimum absolute atomic E-state index is 0.00147. The van der Waals surface area contributed by atoms with Gasteiger partial charge < -0.3 is 23.9 Å². The largest absolute Gasteiger partial charge is 0.493 e. The minimum Gasteiger partial charge on any atom is -0.493 e. The number of hydrogen-bond acceptors (Lipinski definition) is 6. The van der Waals surface area contributed by atoms with Gasteiger partial charge in [-0.3, -0.25) is 4.79 Å². The van der Waals surface area contributed by atoms with Gasteiger partial charge in [-0.2, -0.15) is 0 Å². The Balaban J connectivity index is 1.42. The van der Waals surface area contributed by atoms with E-state index < -0.39 is 12.1 Å². The van der Waals surface area contributed by atoms with Crippen molar-refractivity contribution in [3.63, 3.8) is 0 Å². The molecule has 0 spiro atoms. The lowest BCUT2D eigenvalue weighted by atomic mass is 10.0. The number of aryl methyl sites for hydroxylation is 2. The molecule has 0 atom stereocenters. The monoisotopic (exact) mass is 570 g/mol. The van der Waals surface area contributed by atoms with E-state index in [9.17, 15) is 14.7 Å². The van der Waals surface area contributed by atoms with Gasteiger partial charge in [0.2, 0.25) is 5.89 Å². The summed E-state index contributed by atoms with van der Waals surface area (Å²) < 4.78 is 17.4. The zero-order chi connectivity index (χ0) is 30.1. The van der Waals surface area contributed by atoms with E-state index >= 15 is 0 Å². The van der Waals surface area contributed by atoms with Gasteiger partial charge in [-0.15, -0.1) is 0 Å². The number of benzene rings is 3. The molecular weight excluding hydrogens is 532 g/mol. The Bertz CT molecular complexity index is 1480. The minimum atomic E-state index is -0.873. The van der Waals surface area contributed by atoms with Crippen molar-refractivity contribution in [2.24, 2.45) is 0 Å². The van der Waals surface area contributed by atoms with E-state index in [2.05, 4.69) is 24.3 Å². The van der Waals surface area contributed by atoms with E-state index in [1.54, 1.807) is 18.7 Å². The molecule has 0 fully saturated rings. The first-order chi connectivity index (χ1) is 20.2. The summed E-state index contributed by atoms with van der Waals surface area (Å²) in [6, 6.07) is 23.9. The Labute approximate surface area is 246 Å². The number of carbonyl (C=O) groups excluding carboxylic acids is 1. The van der Waals surface area contributed by atoms with Gasteiger partial charge in [-0.25, -0.2) is 9.78 Å². The standard InChI is InChI=1S/C34H38N2O6/c1-5-36(34(39)41-23(2)3)22-29-21-30(17-15-27(29)16-18-32(37)38)40-20-19-31-24(4)42-33(35-31)28-13-11-26(12-14-28)25-9-7-6-8-10-25/h6-15,17,21,23H,5,16,18-20,22H2,1-4H3,(H,37,38). The van der Waals surface area contributed by atoms with Gasteiger partial charge in [0, 0.05) is 31.5 Å². The molecule has 0 aliphatic carbocycles. The maximum absolute atomic E-state index is 12.6. The molecule has 8 nitrogen and oxygen atoms in total. The lowest BCUT2D eigenvalue weighted by Crippen LogP contribution is -2.33. The smallest absolute Gasteiger partial charge is 0.410 e. The summed E-state index contributed by atoms with van der Waals surface area (Å²) in [5.41, 5.74) is 5.70. The molecule has 0 aliphatic heterocycles. The van der Waals surface area contributed by atoms with Crippen molar-refractivity contribution in [2.45, 2.75) is 59.6 Å². The van der Waals surface area contributed by atoms with E-state index in [0.717, 1.165) is 39.3 Å². The van der Waals surface area contributed by atoms with Crippen molar-refractivity contribution < 1.29 is 28.6 Å². The molecule has 8 heteroatoms. The van der Waals surface area contributed by atoms with Gasteiger partial charge in [0.05, 0.1) is 18.4 Å². The van der Waals surface area contributed by atoms with E-state index in [0.29, 0.717) is 44.2 Å². The van der Waals surface area contributed by atoms with Crippen molar-refractivity contribution in [2.75, 3.05) is 13.2 Å². The average molecular weight is 571 g/mol. The fourth-order valence-electron chi connectivity index (χ4n) is 4.60. The quantitative estimate of drug-likeness (QED) is 0.180. The average Bonchev–Trinajstić information content (AvgIpc) is 3.35. The molecule has 1 N–H and O–H groups in total. The molecule has 0 radical (unpaired) electrons. The van der Waals surface area contributed by atoms with Crippen molar-refractivity contribution in [3.8, 4) is 28.3 Å². The van der Waals surface area contributed by atoms with E-state index in [-0.39, 0.29) is 12.5 Å². The van der Waals surface area contributed by atoms with Gasteiger partial charge in [0.1, 0.15) is 11.5 Å².